The van der Waals surface area contributed by atoms with Gasteiger partial charge in [-0.25, -0.2) is 0 Å². The summed E-state index contributed by atoms with van der Waals surface area (Å²) in [7, 11) is -3.13. The molecule has 1 nitrogen and oxygen atoms in total. The lowest BCUT2D eigenvalue weighted by Gasteiger charge is -2.40. The lowest BCUT2D eigenvalue weighted by atomic mass is 9.96. The molecule has 0 aromatic heterocycles. The summed E-state index contributed by atoms with van der Waals surface area (Å²) in [5.41, 5.74) is 5.25. The summed E-state index contributed by atoms with van der Waals surface area (Å²) in [6.45, 7) is 16.8. The number of hydrogen-bond acceptors (Lipinski definition) is 1. The van der Waals surface area contributed by atoms with Crippen molar-refractivity contribution in [1.82, 2.24) is 0 Å². The van der Waals surface area contributed by atoms with Gasteiger partial charge in [-0.05, 0) is 65.3 Å². The van der Waals surface area contributed by atoms with E-state index in [1.54, 1.807) is 11.1 Å². The summed E-state index contributed by atoms with van der Waals surface area (Å²) in [6, 6.07) is 19.4. The third-order valence-corrected chi connectivity index (χ3v) is 15.2. The Kier molecular flexibility index (Phi) is 5.48. The first kappa shape index (κ1) is 20.4. The fourth-order valence-electron chi connectivity index (χ4n) is 3.92. The van der Waals surface area contributed by atoms with Gasteiger partial charge in [-0.3, -0.25) is 0 Å². The Labute approximate surface area is 168 Å². The molecule has 2 aromatic carbocycles. The third kappa shape index (κ3) is 4.40. The van der Waals surface area contributed by atoms with Crippen LogP contribution in [0.1, 0.15) is 43.0 Å². The fourth-order valence-corrected chi connectivity index (χ4v) is 8.11. The first-order valence-corrected chi connectivity index (χ1v) is 16.5. The molecule has 0 spiro atoms. The van der Waals surface area contributed by atoms with Crippen LogP contribution < -0.4 is 4.43 Å². The van der Waals surface area contributed by atoms with Gasteiger partial charge >= 0.3 is 0 Å². The Balaban J connectivity index is 1.96. The molecular weight excluding hydrogens is 360 g/mol. The maximum Gasteiger partial charge on any atom is 0.250 e. The number of aryl methyl sites for hydroxylation is 1. The van der Waals surface area contributed by atoms with Gasteiger partial charge in [0, 0.05) is 0 Å². The molecule has 1 aliphatic rings. The Hall–Kier alpha value is -1.33. The van der Waals surface area contributed by atoms with Crippen molar-refractivity contribution in [2.24, 2.45) is 0 Å². The van der Waals surface area contributed by atoms with Gasteiger partial charge in [0.15, 0.2) is 0 Å². The zero-order valence-corrected chi connectivity index (χ0v) is 20.2. The van der Waals surface area contributed by atoms with Gasteiger partial charge in [0.05, 0.1) is 8.07 Å². The smallest absolute Gasteiger partial charge is 0.250 e. The summed E-state index contributed by atoms with van der Waals surface area (Å²) in [6.07, 6.45) is 2.40. The van der Waals surface area contributed by atoms with E-state index in [-0.39, 0.29) is 5.04 Å². The highest BCUT2D eigenvalue weighted by atomic mass is 28.4. The quantitative estimate of drug-likeness (QED) is 0.496. The van der Waals surface area contributed by atoms with Gasteiger partial charge < -0.3 is 4.43 Å². The molecule has 1 atom stereocenters. The average Bonchev–Trinajstić information content (AvgIpc) is 2.57. The van der Waals surface area contributed by atoms with E-state index in [1.165, 1.54) is 18.0 Å². The minimum Gasteiger partial charge on any atom is -0.543 e. The summed E-state index contributed by atoms with van der Waals surface area (Å²) in [4.78, 5) is 0. The first-order chi connectivity index (χ1) is 12.5. The molecule has 1 aliphatic heterocycles. The topological polar surface area (TPSA) is 9.23 Å². The van der Waals surface area contributed by atoms with Gasteiger partial charge in [0.25, 0.3) is 0 Å². The standard InChI is InChI=1S/C24H36OSi2/c1-24(2,3)27(6,7)25-21-14-13-20-15-16-26(4,5)23(22(20)18-21)17-19-11-9-8-10-12-19/h8-14,18,23H,15-17H2,1-7H3. The summed E-state index contributed by atoms with van der Waals surface area (Å²) < 4.78 is 6.65. The molecule has 0 radical (unpaired) electrons. The van der Waals surface area contributed by atoms with Gasteiger partial charge in [0.1, 0.15) is 5.75 Å². The predicted molar refractivity (Wildman–Crippen MR) is 123 cm³/mol. The van der Waals surface area contributed by atoms with Crippen LogP contribution in [0.15, 0.2) is 48.5 Å². The van der Waals surface area contributed by atoms with Crippen molar-refractivity contribution in [3.63, 3.8) is 0 Å². The second-order valence-corrected chi connectivity index (χ2v) is 20.4. The normalized spacial score (nSPS) is 19.4. The predicted octanol–water partition coefficient (Wildman–Crippen LogP) is 7.20. The Morgan fingerprint density at radius 2 is 1.70 bits per heavy atom. The molecule has 0 aliphatic carbocycles. The molecular formula is C24H36OSi2. The molecule has 2 aromatic rings. The molecule has 3 rings (SSSR count). The zero-order valence-electron chi connectivity index (χ0n) is 18.2. The van der Waals surface area contributed by atoms with Crippen molar-refractivity contribution < 1.29 is 4.43 Å². The van der Waals surface area contributed by atoms with Gasteiger partial charge in [-0.2, -0.15) is 0 Å². The van der Waals surface area contributed by atoms with Crippen molar-refractivity contribution in [3.8, 4) is 5.75 Å². The zero-order chi connectivity index (χ0) is 19.9. The van der Waals surface area contributed by atoms with E-state index in [1.807, 2.05) is 0 Å². The van der Waals surface area contributed by atoms with E-state index in [0.29, 0.717) is 5.54 Å². The molecule has 0 amide bonds. The Morgan fingerprint density at radius 3 is 2.33 bits per heavy atom. The van der Waals surface area contributed by atoms with Crippen LogP contribution >= 0.6 is 0 Å². The van der Waals surface area contributed by atoms with Crippen LogP contribution in [0, 0.1) is 0 Å². The van der Waals surface area contributed by atoms with Crippen LogP contribution in [0.5, 0.6) is 5.75 Å². The van der Waals surface area contributed by atoms with Crippen LogP contribution in [-0.4, -0.2) is 16.4 Å². The molecule has 27 heavy (non-hydrogen) atoms. The molecule has 1 unspecified atom stereocenters. The molecule has 1 heterocycles. The maximum atomic E-state index is 6.65. The Morgan fingerprint density at radius 1 is 1.04 bits per heavy atom. The molecule has 0 saturated heterocycles. The van der Waals surface area contributed by atoms with Crippen molar-refractivity contribution in [2.45, 2.75) is 76.4 Å². The second kappa shape index (κ2) is 7.25. The summed E-state index contributed by atoms with van der Waals surface area (Å²) >= 11 is 0. The van der Waals surface area contributed by atoms with E-state index in [9.17, 15) is 0 Å². The van der Waals surface area contributed by atoms with Crippen molar-refractivity contribution in [3.05, 3.63) is 65.2 Å². The second-order valence-electron chi connectivity index (χ2n) is 10.5. The lowest BCUT2D eigenvalue weighted by Crippen LogP contribution is -2.44. The molecule has 0 saturated carbocycles. The highest BCUT2D eigenvalue weighted by molar-refractivity contribution is 6.79. The SMILES string of the molecule is CC(C)(C)[Si](C)(C)Oc1ccc2c(c1)C(Cc1ccccc1)[Si](C)(C)CC2. The van der Waals surface area contributed by atoms with Crippen molar-refractivity contribution in [1.29, 1.82) is 0 Å². The first-order valence-electron chi connectivity index (χ1n) is 10.4. The molecule has 146 valence electrons. The number of fused-ring (bicyclic) bond motifs is 1. The summed E-state index contributed by atoms with van der Waals surface area (Å²) in [5, 5.41) is 0.223. The van der Waals surface area contributed by atoms with Gasteiger partial charge in [-0.1, -0.05) is 76.3 Å². The van der Waals surface area contributed by atoms with E-state index < -0.39 is 16.4 Å². The lowest BCUT2D eigenvalue weighted by molar-refractivity contribution is 0.491. The molecule has 3 heteroatoms. The average molecular weight is 397 g/mol. The Bertz CT molecular complexity index is 788. The van der Waals surface area contributed by atoms with E-state index in [2.05, 4.69) is 95.5 Å². The highest BCUT2D eigenvalue weighted by Gasteiger charge is 2.40. The third-order valence-electron chi connectivity index (χ3n) is 6.94. The maximum absolute atomic E-state index is 6.65. The van der Waals surface area contributed by atoms with Crippen LogP contribution in [0.4, 0.5) is 0 Å². The van der Waals surface area contributed by atoms with Crippen LogP contribution in [0.25, 0.3) is 0 Å². The van der Waals surface area contributed by atoms with Crippen LogP contribution in [0.2, 0.25) is 37.3 Å². The highest BCUT2D eigenvalue weighted by Crippen LogP contribution is 2.43. The number of benzene rings is 2. The largest absolute Gasteiger partial charge is 0.543 e. The van der Waals surface area contributed by atoms with E-state index in [0.717, 1.165) is 12.2 Å². The minimum atomic E-state index is -1.81. The monoisotopic (exact) mass is 396 g/mol. The van der Waals surface area contributed by atoms with Crippen LogP contribution in [-0.2, 0) is 12.8 Å². The minimum absolute atomic E-state index is 0.223. The fraction of sp³-hybridized carbons (Fsp3) is 0.500. The molecule has 0 bridgehead atoms. The summed E-state index contributed by atoms with van der Waals surface area (Å²) in [5.74, 6) is 1.09. The van der Waals surface area contributed by atoms with Gasteiger partial charge in [0.2, 0.25) is 8.32 Å². The van der Waals surface area contributed by atoms with E-state index in [4.69, 9.17) is 4.43 Å². The molecule has 0 N–H and O–H groups in total. The molecule has 0 fully saturated rings. The van der Waals surface area contributed by atoms with Crippen molar-refractivity contribution in [2.75, 3.05) is 0 Å². The number of hydrogen-bond donors (Lipinski definition) is 0. The number of rotatable bonds is 4. The van der Waals surface area contributed by atoms with E-state index >= 15 is 0 Å². The van der Waals surface area contributed by atoms with Crippen LogP contribution in [0.3, 0.4) is 0 Å². The van der Waals surface area contributed by atoms with Crippen molar-refractivity contribution >= 4 is 16.4 Å². The van der Waals surface area contributed by atoms with Gasteiger partial charge in [-0.15, -0.1) is 0 Å².